The van der Waals surface area contributed by atoms with Crippen molar-refractivity contribution < 1.29 is 13.9 Å². The number of fused-ring (bicyclic) bond motifs is 1. The third kappa shape index (κ3) is 3.34. The Balaban J connectivity index is 2.46. The molecule has 0 unspecified atom stereocenters. The van der Waals surface area contributed by atoms with Crippen LogP contribution in [0.25, 0.3) is 10.1 Å². The maximum Gasteiger partial charge on any atom is 0.412 e. The maximum atomic E-state index is 13.9. The maximum absolute atomic E-state index is 13.9. The Labute approximate surface area is 133 Å². The van der Waals surface area contributed by atoms with Gasteiger partial charge in [0.05, 0.1) is 10.3 Å². The Kier molecular flexibility index (Phi) is 4.21. The van der Waals surface area contributed by atoms with Gasteiger partial charge in [-0.15, -0.1) is 11.3 Å². The van der Waals surface area contributed by atoms with Crippen LogP contribution < -0.4 is 5.32 Å². The first-order chi connectivity index (χ1) is 9.73. The van der Waals surface area contributed by atoms with Gasteiger partial charge in [0.25, 0.3) is 0 Å². The lowest BCUT2D eigenvalue weighted by Gasteiger charge is -2.19. The van der Waals surface area contributed by atoms with Gasteiger partial charge in [0.2, 0.25) is 0 Å². The van der Waals surface area contributed by atoms with E-state index < -0.39 is 17.5 Å². The molecule has 1 heterocycles. The highest BCUT2D eigenvalue weighted by Crippen LogP contribution is 2.40. The van der Waals surface area contributed by atoms with E-state index in [1.807, 2.05) is 6.07 Å². The quantitative estimate of drug-likeness (QED) is 0.766. The van der Waals surface area contributed by atoms with Gasteiger partial charge in [-0.05, 0) is 48.8 Å². The number of carbonyl (C=O) groups excluding carboxylic acids is 1. The number of nitriles is 1. The van der Waals surface area contributed by atoms with E-state index in [2.05, 4.69) is 21.2 Å². The zero-order valence-electron chi connectivity index (χ0n) is 11.6. The summed E-state index contributed by atoms with van der Waals surface area (Å²) in [5, 5.41) is 12.2. The van der Waals surface area contributed by atoms with Gasteiger partial charge in [0.1, 0.15) is 22.5 Å². The molecule has 0 fully saturated rings. The van der Waals surface area contributed by atoms with Crippen molar-refractivity contribution in [2.75, 3.05) is 5.32 Å². The molecule has 0 saturated carbocycles. The normalized spacial score (nSPS) is 11.2. The second kappa shape index (κ2) is 5.62. The fraction of sp³-hybridized carbons (Fsp3) is 0.286. The van der Waals surface area contributed by atoms with Crippen LogP contribution in [0.15, 0.2) is 16.6 Å². The predicted octanol–water partition coefficient (Wildman–Crippen LogP) is 5.02. The number of ether oxygens (including phenoxy) is 1. The van der Waals surface area contributed by atoms with Gasteiger partial charge in [-0.2, -0.15) is 5.26 Å². The molecule has 0 saturated heterocycles. The highest BCUT2D eigenvalue weighted by molar-refractivity contribution is 9.10. The molecule has 1 aromatic heterocycles. The van der Waals surface area contributed by atoms with Gasteiger partial charge in [0, 0.05) is 9.86 Å². The number of carbonyl (C=O) groups is 1. The molecule has 4 nitrogen and oxygen atoms in total. The molecule has 2 rings (SSSR count). The summed E-state index contributed by atoms with van der Waals surface area (Å²) in [5.74, 6) is -0.502. The minimum Gasteiger partial charge on any atom is -0.444 e. The van der Waals surface area contributed by atoms with Crippen molar-refractivity contribution >= 4 is 48.4 Å². The first-order valence-electron chi connectivity index (χ1n) is 6.03. The number of nitrogens with zero attached hydrogens (tertiary/aromatic N) is 1. The summed E-state index contributed by atoms with van der Waals surface area (Å²) in [6.45, 7) is 5.21. The molecule has 7 heteroatoms. The summed E-state index contributed by atoms with van der Waals surface area (Å²) in [5.41, 5.74) is -0.556. The van der Waals surface area contributed by atoms with Crippen LogP contribution in [-0.2, 0) is 4.74 Å². The lowest BCUT2D eigenvalue weighted by Crippen LogP contribution is -2.27. The van der Waals surface area contributed by atoms with E-state index >= 15 is 0 Å². The first kappa shape index (κ1) is 15.7. The lowest BCUT2D eigenvalue weighted by atomic mass is 10.1. The smallest absolute Gasteiger partial charge is 0.412 e. The van der Waals surface area contributed by atoms with Crippen LogP contribution in [0, 0.1) is 17.1 Å². The van der Waals surface area contributed by atoms with Crippen molar-refractivity contribution in [1.29, 1.82) is 5.26 Å². The zero-order chi connectivity index (χ0) is 15.8. The van der Waals surface area contributed by atoms with Crippen LogP contribution in [0.2, 0.25) is 0 Å². The third-order valence-electron chi connectivity index (χ3n) is 2.47. The van der Waals surface area contributed by atoms with Crippen molar-refractivity contribution in [2.24, 2.45) is 0 Å². The number of hydrogen-bond acceptors (Lipinski definition) is 4. The van der Waals surface area contributed by atoms with Crippen molar-refractivity contribution in [2.45, 2.75) is 26.4 Å². The second-order valence-corrected chi connectivity index (χ2v) is 7.15. The molecule has 0 spiro atoms. The molecule has 21 heavy (non-hydrogen) atoms. The van der Waals surface area contributed by atoms with Crippen molar-refractivity contribution in [3.63, 3.8) is 0 Å². The molecule has 0 aliphatic rings. The second-order valence-electron chi connectivity index (χ2n) is 5.28. The average Bonchev–Trinajstić information content (AvgIpc) is 2.71. The fourth-order valence-electron chi connectivity index (χ4n) is 1.72. The molecule has 1 amide bonds. The van der Waals surface area contributed by atoms with Crippen LogP contribution >= 0.6 is 27.3 Å². The van der Waals surface area contributed by atoms with E-state index in [9.17, 15) is 14.4 Å². The number of hydrogen-bond donors (Lipinski definition) is 1. The molecule has 0 atom stereocenters. The summed E-state index contributed by atoms with van der Waals surface area (Å²) in [6, 6.07) is 4.77. The average molecular weight is 371 g/mol. The Morgan fingerprint density at radius 3 is 2.71 bits per heavy atom. The van der Waals surface area contributed by atoms with Gasteiger partial charge >= 0.3 is 6.09 Å². The van der Waals surface area contributed by atoms with Crippen LogP contribution in [0.5, 0.6) is 0 Å². The van der Waals surface area contributed by atoms with E-state index in [4.69, 9.17) is 4.74 Å². The predicted molar refractivity (Wildman–Crippen MR) is 84.1 cm³/mol. The Bertz CT molecular complexity index is 759. The highest BCUT2D eigenvalue weighted by Gasteiger charge is 2.22. The minimum absolute atomic E-state index is 0.0969. The summed E-state index contributed by atoms with van der Waals surface area (Å²) < 4.78 is 20.3. The number of anilines is 1. The fourth-order valence-corrected chi connectivity index (χ4v) is 3.35. The molecule has 1 N–H and O–H groups in total. The largest absolute Gasteiger partial charge is 0.444 e. The molecular weight excluding hydrogens is 359 g/mol. The summed E-state index contributed by atoms with van der Waals surface area (Å²) in [6.07, 6.45) is -0.679. The van der Waals surface area contributed by atoms with E-state index in [1.54, 1.807) is 26.8 Å². The van der Waals surface area contributed by atoms with Crippen LogP contribution in [0.4, 0.5) is 14.2 Å². The summed E-state index contributed by atoms with van der Waals surface area (Å²) in [7, 11) is 0. The molecule has 0 bridgehead atoms. The van der Waals surface area contributed by atoms with Gasteiger partial charge in [-0.25, -0.2) is 9.18 Å². The molecule has 0 aliphatic heterocycles. The summed E-state index contributed by atoms with van der Waals surface area (Å²) in [4.78, 5) is 11.8. The van der Waals surface area contributed by atoms with Gasteiger partial charge in [-0.1, -0.05) is 0 Å². The number of thiophene rings is 1. The van der Waals surface area contributed by atoms with Crippen LogP contribution in [0.1, 0.15) is 26.3 Å². The van der Waals surface area contributed by atoms with Gasteiger partial charge in [-0.3, -0.25) is 5.32 Å². The van der Waals surface area contributed by atoms with Crippen molar-refractivity contribution in [3.8, 4) is 6.07 Å². The number of nitrogens with one attached hydrogen (secondary N) is 1. The third-order valence-corrected chi connectivity index (χ3v) is 4.53. The highest BCUT2D eigenvalue weighted by atomic mass is 79.9. The van der Waals surface area contributed by atoms with E-state index in [-0.39, 0.29) is 16.0 Å². The molecular formula is C14H12BrFN2O2S. The van der Waals surface area contributed by atoms with Crippen LogP contribution in [-0.4, -0.2) is 11.7 Å². The summed E-state index contributed by atoms with van der Waals surface area (Å²) >= 11 is 4.44. The lowest BCUT2D eigenvalue weighted by molar-refractivity contribution is 0.0636. The number of rotatable bonds is 1. The zero-order valence-corrected chi connectivity index (χ0v) is 14.0. The van der Waals surface area contributed by atoms with Gasteiger partial charge in [0.15, 0.2) is 0 Å². The van der Waals surface area contributed by atoms with E-state index in [1.165, 1.54) is 6.07 Å². The molecule has 1 aromatic carbocycles. The minimum atomic E-state index is -0.679. The Morgan fingerprint density at radius 2 is 2.14 bits per heavy atom. The molecule has 2 aromatic rings. The van der Waals surface area contributed by atoms with E-state index in [0.29, 0.717) is 9.17 Å². The molecule has 0 aliphatic carbocycles. The Hall–Kier alpha value is -1.65. The number of halogens is 2. The van der Waals surface area contributed by atoms with Crippen LogP contribution in [0.3, 0.4) is 0 Å². The topological polar surface area (TPSA) is 62.1 Å². The molecule has 0 radical (unpaired) electrons. The monoisotopic (exact) mass is 370 g/mol. The Morgan fingerprint density at radius 1 is 1.48 bits per heavy atom. The standard InChI is InChI=1S/C14H12BrFN2O2S/c1-14(2,3)20-13(19)18-12-7(6-17)10-9(16)5-4-8(15)11(10)21-12/h4-5H,1-3H3,(H,18,19). The number of benzene rings is 1. The molecule has 110 valence electrons. The van der Waals surface area contributed by atoms with E-state index in [0.717, 1.165) is 11.3 Å². The SMILES string of the molecule is CC(C)(C)OC(=O)Nc1sc2c(Br)ccc(F)c2c1C#N. The van der Waals surface area contributed by atoms with Crippen molar-refractivity contribution in [3.05, 3.63) is 28.0 Å². The van der Waals surface area contributed by atoms with Gasteiger partial charge < -0.3 is 4.74 Å². The number of amides is 1. The van der Waals surface area contributed by atoms with Crippen molar-refractivity contribution in [1.82, 2.24) is 0 Å². The first-order valence-corrected chi connectivity index (χ1v) is 7.64.